The summed E-state index contributed by atoms with van der Waals surface area (Å²) < 4.78 is 36.9. The first-order valence-corrected chi connectivity index (χ1v) is 4.75. The molecule has 82 valence electrons. The SMILES string of the molecule is NCC(=O)c1ccc(C(F)(F)F)cc1Br. The van der Waals surface area contributed by atoms with E-state index in [1.54, 1.807) is 0 Å². The summed E-state index contributed by atoms with van der Waals surface area (Å²) in [6.45, 7) is -0.232. The van der Waals surface area contributed by atoms with Crippen LogP contribution in [0.15, 0.2) is 22.7 Å². The van der Waals surface area contributed by atoms with E-state index in [0.29, 0.717) is 0 Å². The smallest absolute Gasteiger partial charge is 0.324 e. The van der Waals surface area contributed by atoms with Gasteiger partial charge in [0.25, 0.3) is 0 Å². The fourth-order valence-corrected chi connectivity index (χ4v) is 1.63. The van der Waals surface area contributed by atoms with E-state index < -0.39 is 17.5 Å². The van der Waals surface area contributed by atoms with Crippen LogP contribution < -0.4 is 5.73 Å². The normalized spacial score (nSPS) is 11.5. The Morgan fingerprint density at radius 1 is 1.40 bits per heavy atom. The zero-order valence-electron chi connectivity index (χ0n) is 7.44. The molecular formula is C9H7BrF3NO. The lowest BCUT2D eigenvalue weighted by Crippen LogP contribution is -2.15. The number of Topliss-reactive ketones (excluding diaryl/α,β-unsaturated/α-hetero) is 1. The van der Waals surface area contributed by atoms with Crippen LogP contribution in [0.1, 0.15) is 15.9 Å². The minimum Gasteiger partial charge on any atom is -0.324 e. The third-order valence-electron chi connectivity index (χ3n) is 1.78. The zero-order valence-corrected chi connectivity index (χ0v) is 9.02. The number of carbonyl (C=O) groups excluding carboxylic acids is 1. The highest BCUT2D eigenvalue weighted by Crippen LogP contribution is 2.32. The number of nitrogens with two attached hydrogens (primary N) is 1. The molecule has 0 unspecified atom stereocenters. The van der Waals surface area contributed by atoms with E-state index in [1.165, 1.54) is 0 Å². The molecule has 1 aromatic carbocycles. The number of alkyl halides is 3. The molecule has 0 saturated carbocycles. The number of carbonyl (C=O) groups is 1. The average Bonchev–Trinajstić information content (AvgIpc) is 2.15. The summed E-state index contributed by atoms with van der Waals surface area (Å²) in [6, 6.07) is 2.83. The van der Waals surface area contributed by atoms with Gasteiger partial charge in [0.2, 0.25) is 0 Å². The molecule has 1 aromatic rings. The van der Waals surface area contributed by atoms with Crippen LogP contribution in [0, 0.1) is 0 Å². The van der Waals surface area contributed by atoms with Crippen LogP contribution in [-0.4, -0.2) is 12.3 Å². The van der Waals surface area contributed by atoms with Gasteiger partial charge in [-0.3, -0.25) is 4.79 Å². The summed E-state index contributed by atoms with van der Waals surface area (Å²) in [5.74, 6) is -0.407. The Bertz CT molecular complexity index is 389. The van der Waals surface area contributed by atoms with Gasteiger partial charge in [0.15, 0.2) is 5.78 Å². The molecule has 0 aliphatic carbocycles. The Morgan fingerprint density at radius 2 is 2.00 bits per heavy atom. The fraction of sp³-hybridized carbons (Fsp3) is 0.222. The van der Waals surface area contributed by atoms with Crippen molar-refractivity contribution in [1.82, 2.24) is 0 Å². The van der Waals surface area contributed by atoms with E-state index in [4.69, 9.17) is 5.73 Å². The summed E-state index contributed by atoms with van der Waals surface area (Å²) in [5.41, 5.74) is 4.46. The van der Waals surface area contributed by atoms with Gasteiger partial charge in [0.1, 0.15) is 0 Å². The first kappa shape index (κ1) is 12.2. The topological polar surface area (TPSA) is 43.1 Å². The summed E-state index contributed by atoms with van der Waals surface area (Å²) in [7, 11) is 0. The van der Waals surface area contributed by atoms with Crippen molar-refractivity contribution in [2.75, 3.05) is 6.54 Å². The molecule has 0 aliphatic heterocycles. The lowest BCUT2D eigenvalue weighted by atomic mass is 10.1. The van der Waals surface area contributed by atoms with Crippen LogP contribution in [0.5, 0.6) is 0 Å². The second kappa shape index (κ2) is 4.32. The molecule has 6 heteroatoms. The van der Waals surface area contributed by atoms with Crippen molar-refractivity contribution in [2.45, 2.75) is 6.18 Å². The van der Waals surface area contributed by atoms with Crippen molar-refractivity contribution in [2.24, 2.45) is 5.73 Å². The van der Waals surface area contributed by atoms with Crippen LogP contribution in [0.4, 0.5) is 13.2 Å². The molecule has 0 atom stereocenters. The minimum absolute atomic E-state index is 0.104. The first-order chi connectivity index (χ1) is 6.86. The van der Waals surface area contributed by atoms with E-state index in [0.717, 1.165) is 18.2 Å². The summed E-state index contributed by atoms with van der Waals surface area (Å²) in [6.07, 6.45) is -4.41. The standard InChI is InChI=1S/C9H7BrF3NO/c10-7-3-5(9(11,12)13)1-2-6(7)8(15)4-14/h1-3H,4,14H2. The van der Waals surface area contributed by atoms with Gasteiger partial charge in [-0.2, -0.15) is 13.2 Å². The number of benzene rings is 1. The maximum absolute atomic E-state index is 12.3. The zero-order chi connectivity index (χ0) is 11.6. The van der Waals surface area contributed by atoms with Crippen LogP contribution >= 0.6 is 15.9 Å². The molecule has 0 aromatic heterocycles. The number of rotatable bonds is 2. The van der Waals surface area contributed by atoms with E-state index in [-0.39, 0.29) is 16.6 Å². The molecule has 0 fully saturated rings. The third kappa shape index (κ3) is 2.79. The lowest BCUT2D eigenvalue weighted by molar-refractivity contribution is -0.137. The molecule has 0 amide bonds. The van der Waals surface area contributed by atoms with Gasteiger partial charge in [0, 0.05) is 10.0 Å². The van der Waals surface area contributed by atoms with Crippen LogP contribution in [0.2, 0.25) is 0 Å². The Labute approximate surface area is 92.4 Å². The molecule has 0 radical (unpaired) electrons. The van der Waals surface area contributed by atoms with Gasteiger partial charge in [-0.1, -0.05) is 15.9 Å². The lowest BCUT2D eigenvalue weighted by Gasteiger charge is -2.08. The van der Waals surface area contributed by atoms with E-state index in [9.17, 15) is 18.0 Å². The Morgan fingerprint density at radius 3 is 2.40 bits per heavy atom. The largest absolute Gasteiger partial charge is 0.416 e. The summed E-state index contributed by atoms with van der Waals surface area (Å²) in [4.78, 5) is 11.2. The quantitative estimate of drug-likeness (QED) is 0.847. The predicted molar refractivity (Wildman–Crippen MR) is 52.5 cm³/mol. The Balaban J connectivity index is 3.15. The molecule has 0 saturated heterocycles. The third-order valence-corrected chi connectivity index (χ3v) is 2.44. The van der Waals surface area contributed by atoms with Crippen molar-refractivity contribution in [3.63, 3.8) is 0 Å². The minimum atomic E-state index is -4.41. The highest BCUT2D eigenvalue weighted by molar-refractivity contribution is 9.10. The van der Waals surface area contributed by atoms with Crippen molar-refractivity contribution in [1.29, 1.82) is 0 Å². The number of hydrogen-bond donors (Lipinski definition) is 1. The van der Waals surface area contributed by atoms with Gasteiger partial charge in [-0.25, -0.2) is 0 Å². The fourth-order valence-electron chi connectivity index (χ4n) is 1.03. The first-order valence-electron chi connectivity index (χ1n) is 3.96. The van der Waals surface area contributed by atoms with E-state index in [2.05, 4.69) is 15.9 Å². The molecule has 2 nitrogen and oxygen atoms in total. The van der Waals surface area contributed by atoms with Crippen LogP contribution in [0.25, 0.3) is 0 Å². The highest BCUT2D eigenvalue weighted by atomic mass is 79.9. The second-order valence-electron chi connectivity index (χ2n) is 2.82. The van der Waals surface area contributed by atoms with Gasteiger partial charge in [-0.05, 0) is 18.2 Å². The average molecular weight is 282 g/mol. The number of halogens is 4. The van der Waals surface area contributed by atoms with Crippen LogP contribution in [-0.2, 0) is 6.18 Å². The highest BCUT2D eigenvalue weighted by Gasteiger charge is 2.31. The van der Waals surface area contributed by atoms with E-state index in [1.807, 2.05) is 0 Å². The van der Waals surface area contributed by atoms with Gasteiger partial charge >= 0.3 is 6.18 Å². The second-order valence-corrected chi connectivity index (χ2v) is 3.67. The molecule has 0 aliphatic rings. The molecule has 0 spiro atoms. The molecule has 15 heavy (non-hydrogen) atoms. The predicted octanol–water partition coefficient (Wildman–Crippen LogP) is 2.61. The Hall–Kier alpha value is -0.880. The maximum atomic E-state index is 12.3. The van der Waals surface area contributed by atoms with Gasteiger partial charge in [-0.15, -0.1) is 0 Å². The molecule has 0 bridgehead atoms. The van der Waals surface area contributed by atoms with Gasteiger partial charge in [0.05, 0.1) is 12.1 Å². The molecule has 2 N–H and O–H groups in total. The van der Waals surface area contributed by atoms with E-state index >= 15 is 0 Å². The van der Waals surface area contributed by atoms with Crippen molar-refractivity contribution < 1.29 is 18.0 Å². The molecule has 1 rings (SSSR count). The number of ketones is 1. The van der Waals surface area contributed by atoms with Crippen molar-refractivity contribution in [3.8, 4) is 0 Å². The van der Waals surface area contributed by atoms with Crippen molar-refractivity contribution >= 4 is 21.7 Å². The molecule has 0 heterocycles. The summed E-state index contributed by atoms with van der Waals surface area (Å²) >= 11 is 2.90. The monoisotopic (exact) mass is 281 g/mol. The Kier molecular flexibility index (Phi) is 3.51. The summed E-state index contributed by atoms with van der Waals surface area (Å²) in [5, 5.41) is 0. The van der Waals surface area contributed by atoms with Gasteiger partial charge < -0.3 is 5.73 Å². The van der Waals surface area contributed by atoms with Crippen molar-refractivity contribution in [3.05, 3.63) is 33.8 Å². The number of hydrogen-bond acceptors (Lipinski definition) is 2. The van der Waals surface area contributed by atoms with Crippen LogP contribution in [0.3, 0.4) is 0 Å². The maximum Gasteiger partial charge on any atom is 0.416 e. The molecular weight excluding hydrogens is 275 g/mol.